The minimum Gasteiger partial charge on any atom is -0.506 e. The van der Waals surface area contributed by atoms with Gasteiger partial charge in [0.05, 0.1) is 19.4 Å². The molecule has 0 fully saturated rings. The summed E-state index contributed by atoms with van der Waals surface area (Å²) in [4.78, 5) is 34.8. The Morgan fingerprint density at radius 1 is 1.18 bits per heavy atom. The van der Waals surface area contributed by atoms with Crippen LogP contribution in [0, 0.1) is 0 Å². The van der Waals surface area contributed by atoms with E-state index in [-0.39, 0.29) is 23.8 Å². The summed E-state index contributed by atoms with van der Waals surface area (Å²) in [5, 5.41) is 12.8. The molecule has 0 saturated heterocycles. The quantitative estimate of drug-likeness (QED) is 0.282. The second kappa shape index (κ2) is 7.82. The highest BCUT2D eigenvalue weighted by atomic mass is 16.5. The van der Waals surface area contributed by atoms with Crippen molar-refractivity contribution in [1.29, 1.82) is 0 Å². The smallest absolute Gasteiger partial charge is 0.349 e. The molecule has 7 nitrogen and oxygen atoms in total. The van der Waals surface area contributed by atoms with Gasteiger partial charge in [0.2, 0.25) is 5.91 Å². The predicted molar refractivity (Wildman–Crippen MR) is 78.9 cm³/mol. The summed E-state index contributed by atoms with van der Waals surface area (Å²) < 4.78 is 9.24. The highest BCUT2D eigenvalue weighted by Crippen LogP contribution is 2.25. The molecule has 1 amide bonds. The number of aliphatic hydroxyl groups is 1. The third kappa shape index (κ3) is 4.08. The Labute approximate surface area is 127 Å². The first-order valence-electron chi connectivity index (χ1n) is 6.48. The van der Waals surface area contributed by atoms with Crippen LogP contribution in [0.3, 0.4) is 0 Å². The van der Waals surface area contributed by atoms with Gasteiger partial charge in [0.1, 0.15) is 5.76 Å². The molecule has 0 heterocycles. The maximum Gasteiger partial charge on any atom is 0.349 e. The summed E-state index contributed by atoms with van der Waals surface area (Å²) >= 11 is 0. The summed E-state index contributed by atoms with van der Waals surface area (Å²) in [6, 6.07) is 6.18. The van der Waals surface area contributed by atoms with Gasteiger partial charge in [-0.2, -0.15) is 0 Å². The monoisotopic (exact) mass is 307 g/mol. The number of carbonyl (C=O) groups is 3. The second-order valence-corrected chi connectivity index (χ2v) is 4.16. The fourth-order valence-electron chi connectivity index (χ4n) is 1.70. The average molecular weight is 307 g/mol. The van der Waals surface area contributed by atoms with Crippen molar-refractivity contribution in [3.63, 3.8) is 0 Å². The molecule has 22 heavy (non-hydrogen) atoms. The molecule has 2 N–H and O–H groups in total. The van der Waals surface area contributed by atoms with Crippen molar-refractivity contribution in [3.8, 4) is 0 Å². The Balaban J connectivity index is 3.44. The molecule has 0 radical (unpaired) electrons. The van der Waals surface area contributed by atoms with E-state index in [0.717, 1.165) is 7.11 Å². The number of hydrogen-bond donors (Lipinski definition) is 2. The molecule has 1 aromatic rings. The van der Waals surface area contributed by atoms with Crippen molar-refractivity contribution in [1.82, 2.24) is 0 Å². The Morgan fingerprint density at radius 3 is 2.36 bits per heavy atom. The zero-order chi connectivity index (χ0) is 16.7. The van der Waals surface area contributed by atoms with E-state index in [9.17, 15) is 19.5 Å². The molecular formula is C15H17NO6. The number of anilines is 1. The molecule has 7 heteroatoms. The molecule has 118 valence electrons. The fraction of sp³-hybridized carbons (Fsp3) is 0.267. The number of rotatable bonds is 5. The summed E-state index contributed by atoms with van der Waals surface area (Å²) in [6.45, 7) is 2.89. The van der Waals surface area contributed by atoms with Crippen molar-refractivity contribution in [2.75, 3.05) is 19.0 Å². The molecule has 0 aliphatic rings. The Bertz CT molecular complexity index is 620. The number of methoxy groups -OCH3 is 1. The lowest BCUT2D eigenvalue weighted by atomic mass is 10.1. The maximum atomic E-state index is 11.9. The molecule has 0 saturated carbocycles. The number of esters is 2. The predicted octanol–water partition coefficient (Wildman–Crippen LogP) is 1.65. The van der Waals surface area contributed by atoms with Crippen molar-refractivity contribution in [3.05, 3.63) is 35.4 Å². The molecule has 1 rings (SSSR count). The van der Waals surface area contributed by atoms with E-state index in [1.54, 1.807) is 19.1 Å². The van der Waals surface area contributed by atoms with E-state index in [1.165, 1.54) is 19.1 Å². The Hall–Kier alpha value is -2.83. The van der Waals surface area contributed by atoms with E-state index >= 15 is 0 Å². The minimum absolute atomic E-state index is 0.0277. The van der Waals surface area contributed by atoms with Crippen LogP contribution >= 0.6 is 0 Å². The molecule has 0 aliphatic heterocycles. The first kappa shape index (κ1) is 17.2. The van der Waals surface area contributed by atoms with E-state index in [2.05, 4.69) is 10.1 Å². The van der Waals surface area contributed by atoms with E-state index < -0.39 is 23.3 Å². The normalized spacial score (nSPS) is 11.2. The van der Waals surface area contributed by atoms with Crippen LogP contribution in [0.2, 0.25) is 0 Å². The number of aliphatic hydroxyl groups excluding tert-OH is 1. The zero-order valence-electron chi connectivity index (χ0n) is 12.5. The van der Waals surface area contributed by atoms with Gasteiger partial charge in [0, 0.05) is 12.5 Å². The number of amides is 1. The van der Waals surface area contributed by atoms with Crippen LogP contribution in [0.4, 0.5) is 5.69 Å². The molecular weight excluding hydrogens is 290 g/mol. The summed E-state index contributed by atoms with van der Waals surface area (Å²) in [7, 11) is 1.08. The molecule has 0 aromatic heterocycles. The molecule has 1 aromatic carbocycles. The largest absolute Gasteiger partial charge is 0.506 e. The molecule has 0 bridgehead atoms. The number of benzene rings is 1. The van der Waals surface area contributed by atoms with E-state index in [1.807, 2.05) is 0 Å². The highest BCUT2D eigenvalue weighted by molar-refractivity contribution is 6.19. The molecule has 0 aliphatic carbocycles. The number of nitrogens with one attached hydrogen (secondary N) is 1. The van der Waals surface area contributed by atoms with Gasteiger partial charge in [0.25, 0.3) is 0 Å². The van der Waals surface area contributed by atoms with Gasteiger partial charge in [-0.1, -0.05) is 12.1 Å². The fourth-order valence-corrected chi connectivity index (χ4v) is 1.70. The first-order chi connectivity index (χ1) is 10.4. The number of ether oxygens (including phenoxy) is 2. The Morgan fingerprint density at radius 2 is 1.82 bits per heavy atom. The van der Waals surface area contributed by atoms with Crippen molar-refractivity contribution >= 4 is 29.3 Å². The number of para-hydroxylation sites is 1. The van der Waals surface area contributed by atoms with E-state index in [4.69, 9.17) is 4.74 Å². The summed E-state index contributed by atoms with van der Waals surface area (Å²) in [6.07, 6.45) is 0. The topological polar surface area (TPSA) is 102 Å². The lowest BCUT2D eigenvalue weighted by Crippen LogP contribution is -2.19. The van der Waals surface area contributed by atoms with Crippen LogP contribution < -0.4 is 5.32 Å². The third-order valence-corrected chi connectivity index (χ3v) is 2.60. The van der Waals surface area contributed by atoms with Gasteiger partial charge in [-0.15, -0.1) is 0 Å². The zero-order valence-corrected chi connectivity index (χ0v) is 12.5. The number of hydrogen-bond acceptors (Lipinski definition) is 6. The lowest BCUT2D eigenvalue weighted by molar-refractivity contribution is -0.145. The van der Waals surface area contributed by atoms with Gasteiger partial charge in [0.15, 0.2) is 5.57 Å². The summed E-state index contributed by atoms with van der Waals surface area (Å²) in [5.74, 6) is -3.04. The third-order valence-electron chi connectivity index (χ3n) is 2.60. The standard InChI is InChI=1S/C15H17NO6/c1-4-22-15(20)12(14(19)21-3)13(18)10-7-5-6-8-11(10)16-9(2)17/h5-8,18H,4H2,1-3H3,(H,16,17)/b13-12-. The maximum absolute atomic E-state index is 11.9. The van der Waals surface area contributed by atoms with Crippen LogP contribution in [0.1, 0.15) is 19.4 Å². The van der Waals surface area contributed by atoms with Gasteiger partial charge in [-0.05, 0) is 19.1 Å². The van der Waals surface area contributed by atoms with Crippen molar-refractivity contribution in [2.24, 2.45) is 0 Å². The van der Waals surface area contributed by atoms with Gasteiger partial charge in [-0.25, -0.2) is 9.59 Å². The first-order valence-corrected chi connectivity index (χ1v) is 6.48. The molecule has 0 atom stereocenters. The van der Waals surface area contributed by atoms with E-state index in [0.29, 0.717) is 0 Å². The Kier molecular flexibility index (Phi) is 6.12. The van der Waals surface area contributed by atoms with Crippen LogP contribution in [0.15, 0.2) is 29.8 Å². The van der Waals surface area contributed by atoms with Crippen molar-refractivity contribution in [2.45, 2.75) is 13.8 Å². The molecule has 0 spiro atoms. The minimum atomic E-state index is -1.03. The lowest BCUT2D eigenvalue weighted by Gasteiger charge is -2.12. The highest BCUT2D eigenvalue weighted by Gasteiger charge is 2.27. The number of carbonyl (C=O) groups excluding carboxylic acids is 3. The van der Waals surface area contributed by atoms with Crippen LogP contribution in [0.25, 0.3) is 5.76 Å². The summed E-state index contributed by atoms with van der Waals surface area (Å²) in [5.41, 5.74) is -0.286. The average Bonchev–Trinajstić information content (AvgIpc) is 2.47. The SMILES string of the molecule is CCOC(=O)/C(C(=O)OC)=C(\O)c1ccccc1NC(C)=O. The second-order valence-electron chi connectivity index (χ2n) is 4.16. The van der Waals surface area contributed by atoms with Gasteiger partial charge >= 0.3 is 11.9 Å². The van der Waals surface area contributed by atoms with Crippen LogP contribution in [0.5, 0.6) is 0 Å². The van der Waals surface area contributed by atoms with Crippen LogP contribution in [-0.4, -0.2) is 36.7 Å². The van der Waals surface area contributed by atoms with Crippen molar-refractivity contribution < 1.29 is 29.0 Å². The molecule has 0 unspecified atom stereocenters. The van der Waals surface area contributed by atoms with Crippen LogP contribution in [-0.2, 0) is 23.9 Å². The van der Waals surface area contributed by atoms with Gasteiger partial charge in [-0.3, -0.25) is 4.79 Å². The van der Waals surface area contributed by atoms with Gasteiger partial charge < -0.3 is 19.9 Å².